The Morgan fingerprint density at radius 1 is 1.65 bits per heavy atom. The molecular formula is C12H19F2N3. The summed E-state index contributed by atoms with van der Waals surface area (Å²) in [6.45, 7) is 2.81. The van der Waals surface area contributed by atoms with Crippen molar-refractivity contribution >= 4 is 0 Å². The van der Waals surface area contributed by atoms with Crippen molar-refractivity contribution in [3.8, 4) is 0 Å². The summed E-state index contributed by atoms with van der Waals surface area (Å²) in [6.07, 6.45) is 4.29. The van der Waals surface area contributed by atoms with Crippen LogP contribution in [0.1, 0.15) is 37.8 Å². The van der Waals surface area contributed by atoms with E-state index in [1.54, 1.807) is 6.20 Å². The molecule has 0 amide bonds. The lowest BCUT2D eigenvalue weighted by Crippen LogP contribution is -2.24. The highest BCUT2D eigenvalue weighted by atomic mass is 19.3. The SMILES string of the molecule is CCn1cc(C(NC)C2CCC(F)(F)C2)cn1. The lowest BCUT2D eigenvalue weighted by atomic mass is 9.93. The third kappa shape index (κ3) is 2.65. The van der Waals surface area contributed by atoms with E-state index in [-0.39, 0.29) is 24.8 Å². The van der Waals surface area contributed by atoms with E-state index >= 15 is 0 Å². The molecule has 5 heteroatoms. The second kappa shape index (κ2) is 4.72. The van der Waals surface area contributed by atoms with Gasteiger partial charge in [0.1, 0.15) is 0 Å². The second-order valence-corrected chi connectivity index (χ2v) is 4.75. The Kier molecular flexibility index (Phi) is 3.47. The van der Waals surface area contributed by atoms with Gasteiger partial charge in [-0.05, 0) is 26.3 Å². The van der Waals surface area contributed by atoms with Crippen molar-refractivity contribution in [2.45, 2.75) is 44.7 Å². The molecule has 1 N–H and O–H groups in total. The number of halogens is 2. The smallest absolute Gasteiger partial charge is 0.248 e. The molecule has 1 heterocycles. The molecule has 2 rings (SSSR count). The molecule has 1 aliphatic rings. The highest BCUT2D eigenvalue weighted by Crippen LogP contribution is 2.44. The van der Waals surface area contributed by atoms with Crippen LogP contribution in [0, 0.1) is 5.92 Å². The third-order valence-corrected chi connectivity index (χ3v) is 3.56. The van der Waals surface area contributed by atoms with E-state index in [9.17, 15) is 8.78 Å². The van der Waals surface area contributed by atoms with Crippen LogP contribution < -0.4 is 5.32 Å². The van der Waals surface area contributed by atoms with Crippen molar-refractivity contribution in [1.29, 1.82) is 0 Å². The first-order valence-electron chi connectivity index (χ1n) is 6.13. The molecule has 2 atom stereocenters. The number of alkyl halides is 2. The number of nitrogens with zero attached hydrogens (tertiary/aromatic N) is 2. The molecule has 1 saturated carbocycles. The Hall–Kier alpha value is -0.970. The average molecular weight is 243 g/mol. The lowest BCUT2D eigenvalue weighted by Gasteiger charge is -2.21. The van der Waals surface area contributed by atoms with Gasteiger partial charge in [-0.3, -0.25) is 4.68 Å². The number of rotatable bonds is 4. The third-order valence-electron chi connectivity index (χ3n) is 3.56. The van der Waals surface area contributed by atoms with E-state index in [1.807, 2.05) is 24.9 Å². The molecule has 0 spiro atoms. The molecule has 1 aromatic rings. The standard InChI is InChI=1S/C12H19F2N3/c1-3-17-8-10(7-16-17)11(15-2)9-4-5-12(13,14)6-9/h7-9,11,15H,3-6H2,1-2H3. The van der Waals surface area contributed by atoms with Gasteiger partial charge in [0.15, 0.2) is 0 Å². The summed E-state index contributed by atoms with van der Waals surface area (Å²) >= 11 is 0. The van der Waals surface area contributed by atoms with E-state index in [0.29, 0.717) is 6.42 Å². The Balaban J connectivity index is 2.11. The fourth-order valence-corrected chi connectivity index (χ4v) is 2.66. The van der Waals surface area contributed by atoms with E-state index in [2.05, 4.69) is 10.4 Å². The quantitative estimate of drug-likeness (QED) is 0.881. The van der Waals surface area contributed by atoms with Crippen molar-refractivity contribution < 1.29 is 8.78 Å². The summed E-state index contributed by atoms with van der Waals surface area (Å²) in [7, 11) is 1.82. The van der Waals surface area contributed by atoms with E-state index in [4.69, 9.17) is 0 Å². The zero-order valence-electron chi connectivity index (χ0n) is 10.3. The van der Waals surface area contributed by atoms with E-state index in [1.165, 1.54) is 0 Å². The van der Waals surface area contributed by atoms with Crippen LogP contribution in [0.2, 0.25) is 0 Å². The van der Waals surface area contributed by atoms with Crippen LogP contribution in [-0.4, -0.2) is 22.8 Å². The molecule has 17 heavy (non-hydrogen) atoms. The molecule has 0 aromatic carbocycles. The Bertz CT molecular complexity index is 376. The fraction of sp³-hybridized carbons (Fsp3) is 0.750. The van der Waals surface area contributed by atoms with Gasteiger partial charge in [0, 0.05) is 37.2 Å². The summed E-state index contributed by atoms with van der Waals surface area (Å²) in [5.74, 6) is -2.48. The fourth-order valence-electron chi connectivity index (χ4n) is 2.66. The summed E-state index contributed by atoms with van der Waals surface area (Å²) in [5.41, 5.74) is 1.01. The normalized spacial score (nSPS) is 25.1. The van der Waals surface area contributed by atoms with Gasteiger partial charge in [-0.2, -0.15) is 5.10 Å². The highest BCUT2D eigenvalue weighted by molar-refractivity contribution is 5.13. The maximum absolute atomic E-state index is 13.2. The molecule has 96 valence electrons. The number of hydrogen-bond acceptors (Lipinski definition) is 2. The molecule has 0 bridgehead atoms. The number of aromatic nitrogens is 2. The monoisotopic (exact) mass is 243 g/mol. The van der Waals surface area contributed by atoms with Crippen LogP contribution in [0.5, 0.6) is 0 Å². The highest BCUT2D eigenvalue weighted by Gasteiger charge is 2.42. The second-order valence-electron chi connectivity index (χ2n) is 4.75. The van der Waals surface area contributed by atoms with Crippen molar-refractivity contribution in [3.63, 3.8) is 0 Å². The minimum atomic E-state index is -2.49. The van der Waals surface area contributed by atoms with Gasteiger partial charge in [0.2, 0.25) is 5.92 Å². The summed E-state index contributed by atoms with van der Waals surface area (Å²) < 4.78 is 28.3. The van der Waals surface area contributed by atoms with Gasteiger partial charge >= 0.3 is 0 Å². The van der Waals surface area contributed by atoms with Gasteiger partial charge in [0.05, 0.1) is 6.20 Å². The van der Waals surface area contributed by atoms with Gasteiger partial charge in [0.25, 0.3) is 0 Å². The predicted molar refractivity (Wildman–Crippen MR) is 62.0 cm³/mol. The average Bonchev–Trinajstić information content (AvgIpc) is 2.87. The topological polar surface area (TPSA) is 29.9 Å². The molecule has 1 aromatic heterocycles. The molecule has 1 fully saturated rings. The maximum Gasteiger partial charge on any atom is 0.248 e. The van der Waals surface area contributed by atoms with Crippen molar-refractivity contribution in [3.05, 3.63) is 18.0 Å². The molecule has 0 radical (unpaired) electrons. The van der Waals surface area contributed by atoms with Gasteiger partial charge in [-0.15, -0.1) is 0 Å². The summed E-state index contributed by atoms with van der Waals surface area (Å²) in [6, 6.07) is -0.0105. The van der Waals surface area contributed by atoms with Gasteiger partial charge in [-0.1, -0.05) is 0 Å². The Morgan fingerprint density at radius 3 is 2.88 bits per heavy atom. The first-order valence-corrected chi connectivity index (χ1v) is 6.13. The van der Waals surface area contributed by atoms with E-state index in [0.717, 1.165) is 12.1 Å². The Labute approximate surface area is 100 Å². The van der Waals surface area contributed by atoms with Crippen molar-refractivity contribution in [1.82, 2.24) is 15.1 Å². The van der Waals surface area contributed by atoms with E-state index < -0.39 is 5.92 Å². The van der Waals surface area contributed by atoms with Crippen molar-refractivity contribution in [2.24, 2.45) is 5.92 Å². The van der Waals surface area contributed by atoms with Crippen LogP contribution in [0.25, 0.3) is 0 Å². The molecular weight excluding hydrogens is 224 g/mol. The molecule has 0 aliphatic heterocycles. The van der Waals surface area contributed by atoms with Gasteiger partial charge in [-0.25, -0.2) is 8.78 Å². The summed E-state index contributed by atoms with van der Waals surface area (Å²) in [5, 5.41) is 7.35. The molecule has 2 unspecified atom stereocenters. The molecule has 3 nitrogen and oxygen atoms in total. The number of nitrogens with one attached hydrogen (secondary N) is 1. The zero-order valence-corrected chi connectivity index (χ0v) is 10.3. The van der Waals surface area contributed by atoms with Gasteiger partial charge < -0.3 is 5.32 Å². The van der Waals surface area contributed by atoms with Crippen LogP contribution in [0.3, 0.4) is 0 Å². The number of aryl methyl sites for hydroxylation is 1. The first kappa shape index (κ1) is 12.5. The largest absolute Gasteiger partial charge is 0.313 e. The van der Waals surface area contributed by atoms with Crippen LogP contribution in [-0.2, 0) is 6.54 Å². The first-order chi connectivity index (χ1) is 8.05. The van der Waals surface area contributed by atoms with Crippen LogP contribution >= 0.6 is 0 Å². The lowest BCUT2D eigenvalue weighted by molar-refractivity contribution is 0.00340. The number of hydrogen-bond donors (Lipinski definition) is 1. The van der Waals surface area contributed by atoms with Crippen molar-refractivity contribution in [2.75, 3.05) is 7.05 Å². The maximum atomic E-state index is 13.2. The zero-order chi connectivity index (χ0) is 12.5. The minimum Gasteiger partial charge on any atom is -0.313 e. The molecule has 1 aliphatic carbocycles. The minimum absolute atomic E-state index is 0.00417. The predicted octanol–water partition coefficient (Wildman–Crippen LogP) is 2.60. The molecule has 0 saturated heterocycles. The van der Waals surface area contributed by atoms with Crippen LogP contribution in [0.15, 0.2) is 12.4 Å². The Morgan fingerprint density at radius 2 is 2.41 bits per heavy atom. The summed E-state index contributed by atoms with van der Waals surface area (Å²) in [4.78, 5) is 0. The van der Waals surface area contributed by atoms with Crippen LogP contribution in [0.4, 0.5) is 8.78 Å².